The molecule has 0 aliphatic heterocycles. The van der Waals surface area contributed by atoms with Crippen molar-refractivity contribution >= 4 is 33.8 Å². The summed E-state index contributed by atoms with van der Waals surface area (Å²) in [6, 6.07) is 10.6. The zero-order valence-electron chi connectivity index (χ0n) is 12.8. The highest BCUT2D eigenvalue weighted by molar-refractivity contribution is 9.10. The second kappa shape index (κ2) is 7.78. The summed E-state index contributed by atoms with van der Waals surface area (Å²) in [7, 11) is 1.47. The molecule has 0 aliphatic rings. The first-order valence-electron chi connectivity index (χ1n) is 6.85. The highest BCUT2D eigenvalue weighted by Crippen LogP contribution is 2.36. The lowest BCUT2D eigenvalue weighted by Gasteiger charge is -2.13. The van der Waals surface area contributed by atoms with Crippen molar-refractivity contribution < 1.29 is 19.1 Å². The van der Waals surface area contributed by atoms with Crippen LogP contribution < -0.4 is 14.8 Å². The number of nitrogens with one attached hydrogen (secondary N) is 1. The Morgan fingerprint density at radius 2 is 1.96 bits per heavy atom. The highest BCUT2D eigenvalue weighted by Gasteiger charge is 2.13. The van der Waals surface area contributed by atoms with E-state index in [0.717, 1.165) is 5.56 Å². The van der Waals surface area contributed by atoms with E-state index in [1.807, 2.05) is 31.2 Å². The summed E-state index contributed by atoms with van der Waals surface area (Å²) in [6.45, 7) is 1.80. The minimum atomic E-state index is -0.290. The summed E-state index contributed by atoms with van der Waals surface area (Å²) in [5, 5.41) is 2.74. The van der Waals surface area contributed by atoms with Gasteiger partial charge in [0.05, 0.1) is 11.6 Å². The van der Waals surface area contributed by atoms with Crippen molar-refractivity contribution in [3.63, 3.8) is 0 Å². The van der Waals surface area contributed by atoms with E-state index in [1.54, 1.807) is 12.1 Å². The summed E-state index contributed by atoms with van der Waals surface area (Å²) in [4.78, 5) is 22.8. The third-order valence-corrected chi connectivity index (χ3v) is 3.66. The molecule has 0 atom stereocenters. The van der Waals surface area contributed by atoms with Crippen LogP contribution in [0.4, 0.5) is 5.69 Å². The molecular formula is C17H16BrNO4. The van der Waals surface area contributed by atoms with Gasteiger partial charge >= 0.3 is 0 Å². The molecule has 0 fully saturated rings. The molecule has 1 N–H and O–H groups in total. The molecule has 0 unspecified atom stereocenters. The Kier molecular flexibility index (Phi) is 5.76. The summed E-state index contributed by atoms with van der Waals surface area (Å²) < 4.78 is 11.2. The number of methoxy groups -OCH3 is 1. The second-order valence-corrected chi connectivity index (χ2v) is 5.71. The van der Waals surface area contributed by atoms with Gasteiger partial charge in [-0.25, -0.2) is 0 Å². The topological polar surface area (TPSA) is 64.6 Å². The first-order chi connectivity index (χ1) is 11.0. The average Bonchev–Trinajstić information content (AvgIpc) is 2.55. The van der Waals surface area contributed by atoms with Crippen molar-refractivity contribution in [3.8, 4) is 11.5 Å². The molecular weight excluding hydrogens is 362 g/mol. The highest BCUT2D eigenvalue weighted by atomic mass is 79.9. The lowest BCUT2D eigenvalue weighted by Crippen LogP contribution is -2.20. The van der Waals surface area contributed by atoms with E-state index in [0.29, 0.717) is 33.5 Å². The number of halogens is 1. The van der Waals surface area contributed by atoms with Gasteiger partial charge in [0.15, 0.2) is 18.1 Å². The molecule has 2 aromatic rings. The standard InChI is InChI=1S/C17H16BrNO4/c1-11-3-5-13(6-4-11)19-16(21)10-23-17-14(18)7-12(9-20)8-15(17)22-2/h3-9H,10H2,1-2H3,(H,19,21). The van der Waals surface area contributed by atoms with E-state index in [9.17, 15) is 9.59 Å². The number of ether oxygens (including phenoxy) is 2. The molecule has 0 radical (unpaired) electrons. The molecule has 0 saturated carbocycles. The number of carbonyl (C=O) groups is 2. The van der Waals surface area contributed by atoms with Gasteiger partial charge in [-0.3, -0.25) is 9.59 Å². The Morgan fingerprint density at radius 3 is 2.57 bits per heavy atom. The van der Waals surface area contributed by atoms with E-state index in [1.165, 1.54) is 7.11 Å². The van der Waals surface area contributed by atoms with Gasteiger partial charge in [0.25, 0.3) is 5.91 Å². The molecule has 6 heteroatoms. The number of rotatable bonds is 6. The normalized spacial score (nSPS) is 10.0. The largest absolute Gasteiger partial charge is 0.493 e. The summed E-state index contributed by atoms with van der Waals surface area (Å²) in [5.74, 6) is 0.462. The number of hydrogen-bond acceptors (Lipinski definition) is 4. The van der Waals surface area contributed by atoms with Crippen LogP contribution in [0.15, 0.2) is 40.9 Å². The van der Waals surface area contributed by atoms with Crippen LogP contribution in [0.5, 0.6) is 11.5 Å². The van der Waals surface area contributed by atoms with Crippen LogP contribution in [0, 0.1) is 6.92 Å². The van der Waals surface area contributed by atoms with Crippen LogP contribution in [0.25, 0.3) is 0 Å². The van der Waals surface area contributed by atoms with E-state index < -0.39 is 0 Å². The van der Waals surface area contributed by atoms with Gasteiger partial charge in [0.1, 0.15) is 6.29 Å². The predicted molar refractivity (Wildman–Crippen MR) is 91.4 cm³/mol. The Bertz CT molecular complexity index is 713. The van der Waals surface area contributed by atoms with E-state index in [4.69, 9.17) is 9.47 Å². The molecule has 0 heterocycles. The van der Waals surface area contributed by atoms with Gasteiger partial charge in [-0.2, -0.15) is 0 Å². The van der Waals surface area contributed by atoms with Crippen molar-refractivity contribution in [2.24, 2.45) is 0 Å². The first kappa shape index (κ1) is 17.0. The summed E-state index contributed by atoms with van der Waals surface area (Å²) in [6.07, 6.45) is 0.709. The quantitative estimate of drug-likeness (QED) is 0.781. The summed E-state index contributed by atoms with van der Waals surface area (Å²) in [5.41, 5.74) is 2.26. The molecule has 2 rings (SSSR count). The molecule has 0 saturated heterocycles. The Morgan fingerprint density at radius 1 is 1.26 bits per heavy atom. The van der Waals surface area contributed by atoms with Gasteiger partial charge in [0.2, 0.25) is 0 Å². The third kappa shape index (κ3) is 4.56. The van der Waals surface area contributed by atoms with Crippen molar-refractivity contribution in [2.45, 2.75) is 6.92 Å². The number of hydrogen-bond donors (Lipinski definition) is 1. The zero-order chi connectivity index (χ0) is 16.8. The summed E-state index contributed by atoms with van der Waals surface area (Å²) >= 11 is 3.31. The minimum absolute atomic E-state index is 0.177. The number of carbonyl (C=O) groups excluding carboxylic acids is 2. The predicted octanol–water partition coefficient (Wildman–Crippen LogP) is 3.60. The van der Waals surface area contributed by atoms with Crippen molar-refractivity contribution in [2.75, 3.05) is 19.0 Å². The number of aryl methyl sites for hydroxylation is 1. The number of anilines is 1. The Balaban J connectivity index is 2.04. The fourth-order valence-corrected chi connectivity index (χ4v) is 2.49. The van der Waals surface area contributed by atoms with Crippen LogP contribution in [-0.4, -0.2) is 25.9 Å². The lowest BCUT2D eigenvalue weighted by molar-refractivity contribution is -0.118. The first-order valence-corrected chi connectivity index (χ1v) is 7.65. The van der Waals surface area contributed by atoms with Crippen LogP contribution in [0.1, 0.15) is 15.9 Å². The van der Waals surface area contributed by atoms with Crippen molar-refractivity contribution in [1.82, 2.24) is 0 Å². The molecule has 0 aromatic heterocycles. The molecule has 2 aromatic carbocycles. The van der Waals surface area contributed by atoms with Gasteiger partial charge in [0, 0.05) is 11.3 Å². The van der Waals surface area contributed by atoms with Crippen LogP contribution in [0.2, 0.25) is 0 Å². The number of amides is 1. The van der Waals surface area contributed by atoms with E-state index in [2.05, 4.69) is 21.2 Å². The molecule has 23 heavy (non-hydrogen) atoms. The minimum Gasteiger partial charge on any atom is -0.493 e. The average molecular weight is 378 g/mol. The zero-order valence-corrected chi connectivity index (χ0v) is 14.3. The van der Waals surface area contributed by atoms with Gasteiger partial charge in [-0.1, -0.05) is 17.7 Å². The number of benzene rings is 2. The van der Waals surface area contributed by atoms with Crippen LogP contribution >= 0.6 is 15.9 Å². The smallest absolute Gasteiger partial charge is 0.262 e. The molecule has 0 aliphatic carbocycles. The third-order valence-electron chi connectivity index (χ3n) is 3.07. The fraction of sp³-hybridized carbons (Fsp3) is 0.176. The van der Waals surface area contributed by atoms with Gasteiger partial charge < -0.3 is 14.8 Å². The Labute approximate surface area is 142 Å². The second-order valence-electron chi connectivity index (χ2n) is 4.85. The molecule has 5 nitrogen and oxygen atoms in total. The van der Waals surface area contributed by atoms with Crippen molar-refractivity contribution in [3.05, 3.63) is 52.0 Å². The number of aldehydes is 1. The SMILES string of the molecule is COc1cc(C=O)cc(Br)c1OCC(=O)Nc1ccc(C)cc1. The van der Waals surface area contributed by atoms with E-state index >= 15 is 0 Å². The van der Waals surface area contributed by atoms with E-state index in [-0.39, 0.29) is 12.5 Å². The maximum absolute atomic E-state index is 12.0. The maximum atomic E-state index is 12.0. The molecule has 120 valence electrons. The van der Waals surface area contributed by atoms with Crippen LogP contribution in [-0.2, 0) is 4.79 Å². The van der Waals surface area contributed by atoms with Crippen LogP contribution in [0.3, 0.4) is 0 Å². The molecule has 0 spiro atoms. The molecule has 0 bridgehead atoms. The lowest BCUT2D eigenvalue weighted by atomic mass is 10.2. The monoisotopic (exact) mass is 377 g/mol. The molecule has 1 amide bonds. The van der Waals surface area contributed by atoms with Gasteiger partial charge in [-0.15, -0.1) is 0 Å². The maximum Gasteiger partial charge on any atom is 0.262 e. The van der Waals surface area contributed by atoms with Crippen molar-refractivity contribution in [1.29, 1.82) is 0 Å². The fourth-order valence-electron chi connectivity index (χ4n) is 1.92. The van der Waals surface area contributed by atoms with Gasteiger partial charge in [-0.05, 0) is 47.1 Å². The Hall–Kier alpha value is -2.34.